The lowest BCUT2D eigenvalue weighted by atomic mass is 10.2. The van der Waals surface area contributed by atoms with Crippen molar-refractivity contribution in [1.29, 1.82) is 0 Å². The summed E-state index contributed by atoms with van der Waals surface area (Å²) in [7, 11) is 1.31. The van der Waals surface area contributed by atoms with Gasteiger partial charge in [-0.2, -0.15) is 0 Å². The Labute approximate surface area is 98.5 Å². The third-order valence-electron chi connectivity index (χ3n) is 2.05. The second-order valence-electron chi connectivity index (χ2n) is 3.43. The SMILES string of the molecule is COC(=O)CC(C)Nc1cccc(Cl)c1F. The number of carbonyl (C=O) groups is 1. The largest absolute Gasteiger partial charge is 0.469 e. The summed E-state index contributed by atoms with van der Waals surface area (Å²) in [4.78, 5) is 11.0. The first-order valence-corrected chi connectivity index (χ1v) is 5.19. The Hall–Kier alpha value is -1.29. The van der Waals surface area contributed by atoms with Crippen LogP contribution in [0.4, 0.5) is 10.1 Å². The zero-order chi connectivity index (χ0) is 12.1. The van der Waals surface area contributed by atoms with Gasteiger partial charge in [-0.3, -0.25) is 4.79 Å². The molecule has 88 valence electrons. The zero-order valence-electron chi connectivity index (χ0n) is 9.09. The van der Waals surface area contributed by atoms with Gasteiger partial charge in [0.25, 0.3) is 0 Å². The van der Waals surface area contributed by atoms with Crippen LogP contribution < -0.4 is 5.32 Å². The third-order valence-corrected chi connectivity index (χ3v) is 2.35. The van der Waals surface area contributed by atoms with Crippen LogP contribution in [0.1, 0.15) is 13.3 Å². The van der Waals surface area contributed by atoms with Crippen LogP contribution in [-0.2, 0) is 9.53 Å². The molecule has 1 atom stereocenters. The number of anilines is 1. The molecule has 0 fully saturated rings. The molecule has 16 heavy (non-hydrogen) atoms. The number of ether oxygens (including phenoxy) is 1. The Morgan fingerprint density at radius 1 is 1.62 bits per heavy atom. The summed E-state index contributed by atoms with van der Waals surface area (Å²) < 4.78 is 18.0. The van der Waals surface area contributed by atoms with E-state index in [0.29, 0.717) is 0 Å². The summed E-state index contributed by atoms with van der Waals surface area (Å²) >= 11 is 5.62. The van der Waals surface area contributed by atoms with Gasteiger partial charge in [0.1, 0.15) is 0 Å². The van der Waals surface area contributed by atoms with Gasteiger partial charge in [0, 0.05) is 6.04 Å². The first kappa shape index (κ1) is 12.8. The minimum Gasteiger partial charge on any atom is -0.469 e. The van der Waals surface area contributed by atoms with Crippen molar-refractivity contribution < 1.29 is 13.9 Å². The van der Waals surface area contributed by atoms with Crippen molar-refractivity contribution in [1.82, 2.24) is 0 Å². The number of nitrogens with one attached hydrogen (secondary N) is 1. The van der Waals surface area contributed by atoms with E-state index in [2.05, 4.69) is 10.1 Å². The van der Waals surface area contributed by atoms with Crippen LogP contribution in [0.2, 0.25) is 5.02 Å². The highest BCUT2D eigenvalue weighted by atomic mass is 35.5. The van der Waals surface area contributed by atoms with Crippen molar-refractivity contribution in [2.75, 3.05) is 12.4 Å². The molecule has 3 nitrogen and oxygen atoms in total. The van der Waals surface area contributed by atoms with Gasteiger partial charge in [-0.25, -0.2) is 4.39 Å². The number of hydrogen-bond donors (Lipinski definition) is 1. The molecule has 0 radical (unpaired) electrons. The minimum absolute atomic E-state index is 0.0512. The quantitative estimate of drug-likeness (QED) is 0.829. The lowest BCUT2D eigenvalue weighted by molar-refractivity contribution is -0.140. The highest BCUT2D eigenvalue weighted by molar-refractivity contribution is 6.31. The number of rotatable bonds is 4. The van der Waals surface area contributed by atoms with E-state index in [9.17, 15) is 9.18 Å². The van der Waals surface area contributed by atoms with Crippen LogP contribution in [0.5, 0.6) is 0 Å². The average Bonchev–Trinajstić information content (AvgIpc) is 2.24. The normalized spacial score (nSPS) is 12.0. The maximum absolute atomic E-state index is 13.5. The molecule has 1 N–H and O–H groups in total. The van der Waals surface area contributed by atoms with Gasteiger partial charge in [0.15, 0.2) is 5.82 Å². The maximum atomic E-state index is 13.5. The highest BCUT2D eigenvalue weighted by Crippen LogP contribution is 2.22. The number of benzene rings is 1. The van der Waals surface area contributed by atoms with Crippen molar-refractivity contribution >= 4 is 23.3 Å². The Morgan fingerprint density at radius 3 is 2.94 bits per heavy atom. The van der Waals surface area contributed by atoms with Gasteiger partial charge in [0.2, 0.25) is 0 Å². The number of hydrogen-bond acceptors (Lipinski definition) is 3. The van der Waals surface area contributed by atoms with E-state index in [4.69, 9.17) is 11.6 Å². The molecule has 0 bridgehead atoms. The van der Waals surface area contributed by atoms with E-state index in [0.717, 1.165) is 0 Å². The molecule has 0 saturated carbocycles. The second-order valence-corrected chi connectivity index (χ2v) is 3.83. The van der Waals surface area contributed by atoms with E-state index < -0.39 is 5.82 Å². The summed E-state index contributed by atoms with van der Waals surface area (Å²) in [5, 5.41) is 2.91. The molecule has 5 heteroatoms. The fourth-order valence-electron chi connectivity index (χ4n) is 1.27. The molecule has 1 aromatic carbocycles. The molecular formula is C11H13ClFNO2. The molecule has 0 aromatic heterocycles. The van der Waals surface area contributed by atoms with Gasteiger partial charge in [-0.05, 0) is 19.1 Å². The van der Waals surface area contributed by atoms with Crippen molar-refractivity contribution in [3.05, 3.63) is 29.0 Å². The molecule has 0 heterocycles. The van der Waals surface area contributed by atoms with E-state index in [-0.39, 0.29) is 29.1 Å². The van der Waals surface area contributed by atoms with Gasteiger partial charge in [-0.15, -0.1) is 0 Å². The topological polar surface area (TPSA) is 38.3 Å². The fraction of sp³-hybridized carbons (Fsp3) is 0.364. The summed E-state index contributed by atoms with van der Waals surface area (Å²) in [6.07, 6.45) is 0.169. The van der Waals surface area contributed by atoms with Gasteiger partial charge < -0.3 is 10.1 Å². The maximum Gasteiger partial charge on any atom is 0.307 e. The van der Waals surface area contributed by atoms with Crippen LogP contribution in [-0.4, -0.2) is 19.1 Å². The van der Waals surface area contributed by atoms with Crippen LogP contribution >= 0.6 is 11.6 Å². The first-order chi connectivity index (χ1) is 7.54. The molecule has 0 spiro atoms. The van der Waals surface area contributed by atoms with Gasteiger partial charge >= 0.3 is 5.97 Å². The highest BCUT2D eigenvalue weighted by Gasteiger charge is 2.12. The van der Waals surface area contributed by atoms with Crippen molar-refractivity contribution in [3.63, 3.8) is 0 Å². The Bertz CT molecular complexity index is 384. The number of halogens is 2. The number of methoxy groups -OCH3 is 1. The Morgan fingerprint density at radius 2 is 2.31 bits per heavy atom. The van der Waals surface area contributed by atoms with Gasteiger partial charge in [0.05, 0.1) is 24.2 Å². The van der Waals surface area contributed by atoms with Crippen LogP contribution in [0.15, 0.2) is 18.2 Å². The zero-order valence-corrected chi connectivity index (χ0v) is 9.84. The summed E-state index contributed by atoms with van der Waals surface area (Å²) in [5.41, 5.74) is 0.281. The predicted octanol–water partition coefficient (Wildman–Crippen LogP) is 2.84. The first-order valence-electron chi connectivity index (χ1n) is 4.82. The average molecular weight is 246 g/mol. The Kier molecular flexibility index (Phi) is 4.55. The number of carbonyl (C=O) groups excluding carboxylic acids is 1. The summed E-state index contributed by atoms with van der Waals surface area (Å²) in [5.74, 6) is -0.858. The molecule has 1 unspecified atom stereocenters. The van der Waals surface area contributed by atoms with Crippen LogP contribution in [0.25, 0.3) is 0 Å². The third kappa shape index (κ3) is 3.38. The van der Waals surface area contributed by atoms with E-state index >= 15 is 0 Å². The molecular weight excluding hydrogens is 233 g/mol. The van der Waals surface area contributed by atoms with Crippen LogP contribution in [0.3, 0.4) is 0 Å². The second kappa shape index (κ2) is 5.70. The lowest BCUT2D eigenvalue weighted by Gasteiger charge is -2.14. The lowest BCUT2D eigenvalue weighted by Crippen LogP contribution is -2.20. The fourth-order valence-corrected chi connectivity index (χ4v) is 1.44. The standard InChI is InChI=1S/C11H13ClFNO2/c1-7(6-10(15)16-2)14-9-5-3-4-8(12)11(9)13/h3-5,7,14H,6H2,1-2H3. The van der Waals surface area contributed by atoms with Crippen molar-refractivity contribution in [2.24, 2.45) is 0 Å². The molecule has 1 aromatic rings. The molecule has 1 rings (SSSR count). The van der Waals surface area contributed by atoms with E-state index in [1.165, 1.54) is 13.2 Å². The molecule has 0 amide bonds. The Balaban J connectivity index is 2.66. The van der Waals surface area contributed by atoms with Crippen molar-refractivity contribution in [2.45, 2.75) is 19.4 Å². The molecule has 0 aliphatic rings. The minimum atomic E-state index is -0.513. The molecule has 0 saturated heterocycles. The van der Waals surface area contributed by atoms with E-state index in [1.807, 2.05) is 0 Å². The van der Waals surface area contributed by atoms with Crippen LogP contribution in [0, 0.1) is 5.82 Å². The predicted molar refractivity (Wildman–Crippen MR) is 61.1 cm³/mol. The summed E-state index contributed by atoms with van der Waals surface area (Å²) in [6.45, 7) is 1.76. The smallest absolute Gasteiger partial charge is 0.307 e. The van der Waals surface area contributed by atoms with Crippen molar-refractivity contribution in [3.8, 4) is 0 Å². The molecule has 0 aliphatic carbocycles. The van der Waals surface area contributed by atoms with E-state index in [1.54, 1.807) is 19.1 Å². The van der Waals surface area contributed by atoms with Gasteiger partial charge in [-0.1, -0.05) is 17.7 Å². The monoisotopic (exact) mass is 245 g/mol. The molecule has 0 aliphatic heterocycles. The summed E-state index contributed by atoms with van der Waals surface area (Å²) in [6, 6.07) is 4.45. The number of esters is 1.